The molecule has 0 aromatic carbocycles. The Kier molecular flexibility index (Phi) is 5.31. The lowest BCUT2D eigenvalue weighted by Gasteiger charge is -2.31. The van der Waals surface area contributed by atoms with E-state index in [2.05, 4.69) is 22.9 Å². The van der Waals surface area contributed by atoms with Crippen molar-refractivity contribution >= 4 is 15.9 Å². The SMILES string of the molecule is CCCCC1CCC(C(N)c2occc2Br)CC1. The molecule has 2 nitrogen and oxygen atoms in total. The molecule has 1 aliphatic rings. The summed E-state index contributed by atoms with van der Waals surface area (Å²) < 4.78 is 6.52. The van der Waals surface area contributed by atoms with E-state index in [0.29, 0.717) is 5.92 Å². The highest BCUT2D eigenvalue weighted by Gasteiger charge is 2.28. The van der Waals surface area contributed by atoms with Crippen molar-refractivity contribution in [2.24, 2.45) is 17.6 Å². The van der Waals surface area contributed by atoms with Gasteiger partial charge in [0.25, 0.3) is 0 Å². The summed E-state index contributed by atoms with van der Waals surface area (Å²) in [4.78, 5) is 0. The van der Waals surface area contributed by atoms with Crippen molar-refractivity contribution in [2.75, 3.05) is 0 Å². The summed E-state index contributed by atoms with van der Waals surface area (Å²) in [5.74, 6) is 2.45. The van der Waals surface area contributed by atoms with Crippen LogP contribution in [0.4, 0.5) is 0 Å². The Bertz CT molecular complexity index is 355. The van der Waals surface area contributed by atoms with Crippen LogP contribution in [0.2, 0.25) is 0 Å². The summed E-state index contributed by atoms with van der Waals surface area (Å²) in [5.41, 5.74) is 6.34. The molecular formula is C15H24BrNO. The third-order valence-electron chi connectivity index (χ3n) is 4.31. The predicted molar refractivity (Wildman–Crippen MR) is 78.3 cm³/mol. The number of hydrogen-bond acceptors (Lipinski definition) is 2. The summed E-state index contributed by atoms with van der Waals surface area (Å²) in [6.07, 6.45) is 11.0. The van der Waals surface area contributed by atoms with Gasteiger partial charge in [-0.25, -0.2) is 0 Å². The Labute approximate surface area is 118 Å². The molecule has 18 heavy (non-hydrogen) atoms. The molecule has 1 heterocycles. The standard InChI is InChI=1S/C15H24BrNO/c1-2-3-4-11-5-7-12(8-6-11)14(17)15-13(16)9-10-18-15/h9-12,14H,2-8,17H2,1H3. The largest absolute Gasteiger partial charge is 0.466 e. The third-order valence-corrected chi connectivity index (χ3v) is 4.97. The smallest absolute Gasteiger partial charge is 0.134 e. The Hall–Kier alpha value is -0.280. The van der Waals surface area contributed by atoms with Crippen LogP contribution in [0.3, 0.4) is 0 Å². The normalized spacial score (nSPS) is 26.2. The van der Waals surface area contributed by atoms with Gasteiger partial charge in [-0.1, -0.05) is 39.0 Å². The second kappa shape index (κ2) is 6.76. The molecule has 0 amide bonds. The lowest BCUT2D eigenvalue weighted by molar-refractivity contribution is 0.219. The maximum absolute atomic E-state index is 6.34. The van der Waals surface area contributed by atoms with E-state index in [-0.39, 0.29) is 6.04 Å². The first-order valence-corrected chi connectivity index (χ1v) is 8.00. The molecule has 3 heteroatoms. The van der Waals surface area contributed by atoms with Crippen LogP contribution < -0.4 is 5.73 Å². The van der Waals surface area contributed by atoms with Gasteiger partial charge in [0, 0.05) is 0 Å². The highest BCUT2D eigenvalue weighted by molar-refractivity contribution is 9.10. The molecule has 1 aromatic heterocycles. The van der Waals surface area contributed by atoms with Crippen LogP contribution in [-0.2, 0) is 0 Å². The quantitative estimate of drug-likeness (QED) is 0.827. The minimum absolute atomic E-state index is 0.0569. The molecule has 0 radical (unpaired) electrons. The number of nitrogens with two attached hydrogens (primary N) is 1. The number of hydrogen-bond donors (Lipinski definition) is 1. The Balaban J connectivity index is 1.84. The van der Waals surface area contributed by atoms with Crippen molar-refractivity contribution in [3.63, 3.8) is 0 Å². The summed E-state index contributed by atoms with van der Waals surface area (Å²) in [6, 6.07) is 1.99. The molecule has 102 valence electrons. The molecule has 0 bridgehead atoms. The van der Waals surface area contributed by atoms with Crippen LogP contribution >= 0.6 is 15.9 Å². The van der Waals surface area contributed by atoms with Crippen molar-refractivity contribution in [3.05, 3.63) is 22.6 Å². The minimum atomic E-state index is 0.0569. The van der Waals surface area contributed by atoms with Crippen LogP contribution in [0.1, 0.15) is 63.7 Å². The fourth-order valence-corrected chi connectivity index (χ4v) is 3.55. The number of rotatable bonds is 5. The first-order chi connectivity index (χ1) is 8.72. The van der Waals surface area contributed by atoms with Gasteiger partial charge < -0.3 is 10.2 Å². The van der Waals surface area contributed by atoms with Crippen molar-refractivity contribution in [1.82, 2.24) is 0 Å². The fraction of sp³-hybridized carbons (Fsp3) is 0.733. The number of unbranched alkanes of at least 4 members (excludes halogenated alkanes) is 1. The van der Waals surface area contributed by atoms with Gasteiger partial charge in [0.15, 0.2) is 0 Å². The van der Waals surface area contributed by atoms with E-state index in [1.54, 1.807) is 6.26 Å². The highest BCUT2D eigenvalue weighted by atomic mass is 79.9. The fourth-order valence-electron chi connectivity index (χ4n) is 3.09. The average molecular weight is 314 g/mol. The van der Waals surface area contributed by atoms with Gasteiger partial charge in [-0.05, 0) is 46.7 Å². The summed E-state index contributed by atoms with van der Waals surface area (Å²) in [7, 11) is 0. The molecule has 1 atom stereocenters. The molecule has 1 unspecified atom stereocenters. The van der Waals surface area contributed by atoms with E-state index in [9.17, 15) is 0 Å². The minimum Gasteiger partial charge on any atom is -0.466 e. The zero-order valence-electron chi connectivity index (χ0n) is 11.2. The molecule has 0 saturated heterocycles. The molecule has 2 N–H and O–H groups in total. The van der Waals surface area contributed by atoms with Crippen LogP contribution in [0.25, 0.3) is 0 Å². The molecule has 0 aliphatic heterocycles. The Morgan fingerprint density at radius 3 is 2.67 bits per heavy atom. The zero-order valence-corrected chi connectivity index (χ0v) is 12.8. The van der Waals surface area contributed by atoms with Crippen LogP contribution in [0, 0.1) is 11.8 Å². The lowest BCUT2D eigenvalue weighted by Crippen LogP contribution is -2.26. The van der Waals surface area contributed by atoms with Crippen molar-refractivity contribution in [1.29, 1.82) is 0 Å². The van der Waals surface area contributed by atoms with Crippen LogP contribution in [0.5, 0.6) is 0 Å². The zero-order chi connectivity index (χ0) is 13.0. The topological polar surface area (TPSA) is 39.2 Å². The van der Waals surface area contributed by atoms with Gasteiger partial charge in [-0.15, -0.1) is 0 Å². The van der Waals surface area contributed by atoms with E-state index >= 15 is 0 Å². The van der Waals surface area contributed by atoms with E-state index in [4.69, 9.17) is 10.2 Å². The van der Waals surface area contributed by atoms with Gasteiger partial charge in [0.05, 0.1) is 16.8 Å². The van der Waals surface area contributed by atoms with Crippen molar-refractivity contribution in [3.8, 4) is 0 Å². The molecule has 1 aliphatic carbocycles. The van der Waals surface area contributed by atoms with Gasteiger partial charge in [0.1, 0.15) is 5.76 Å². The molecule has 1 aromatic rings. The van der Waals surface area contributed by atoms with Crippen molar-refractivity contribution in [2.45, 2.75) is 57.9 Å². The maximum Gasteiger partial charge on any atom is 0.134 e. The molecular weight excluding hydrogens is 290 g/mol. The van der Waals surface area contributed by atoms with E-state index in [0.717, 1.165) is 16.2 Å². The third kappa shape index (κ3) is 3.39. The van der Waals surface area contributed by atoms with E-state index < -0.39 is 0 Å². The summed E-state index contributed by atoms with van der Waals surface area (Å²) in [6.45, 7) is 2.27. The Morgan fingerprint density at radius 1 is 1.39 bits per heavy atom. The molecule has 2 rings (SSSR count). The van der Waals surface area contributed by atoms with Gasteiger partial charge in [-0.2, -0.15) is 0 Å². The first kappa shape index (κ1) is 14.1. The van der Waals surface area contributed by atoms with E-state index in [1.807, 2.05) is 6.07 Å². The predicted octanol–water partition coefficient (Wildman–Crippen LogP) is 5.04. The summed E-state index contributed by atoms with van der Waals surface area (Å²) >= 11 is 3.51. The summed E-state index contributed by atoms with van der Waals surface area (Å²) in [5, 5.41) is 0. The molecule has 1 fully saturated rings. The van der Waals surface area contributed by atoms with Gasteiger partial charge in [0.2, 0.25) is 0 Å². The first-order valence-electron chi connectivity index (χ1n) is 7.20. The van der Waals surface area contributed by atoms with Crippen LogP contribution in [0.15, 0.2) is 21.2 Å². The number of halogens is 1. The molecule has 1 saturated carbocycles. The van der Waals surface area contributed by atoms with E-state index in [1.165, 1.54) is 44.9 Å². The second-order valence-corrected chi connectivity index (χ2v) is 6.44. The monoisotopic (exact) mass is 313 g/mol. The van der Waals surface area contributed by atoms with Crippen molar-refractivity contribution < 1.29 is 4.42 Å². The number of furan rings is 1. The lowest BCUT2D eigenvalue weighted by atomic mass is 9.76. The maximum atomic E-state index is 6.34. The van der Waals surface area contributed by atoms with Gasteiger partial charge in [-0.3, -0.25) is 0 Å². The van der Waals surface area contributed by atoms with Crippen LogP contribution in [-0.4, -0.2) is 0 Å². The van der Waals surface area contributed by atoms with Gasteiger partial charge >= 0.3 is 0 Å². The second-order valence-electron chi connectivity index (χ2n) is 5.58. The highest BCUT2D eigenvalue weighted by Crippen LogP contribution is 2.39. The average Bonchev–Trinajstić information content (AvgIpc) is 2.82. The Morgan fingerprint density at radius 2 is 2.11 bits per heavy atom. The molecule has 0 spiro atoms.